The molecule has 340 valence electrons. The number of fused-ring (bicyclic) bond motifs is 4. The molecule has 4 N–H and O–H groups in total. The van der Waals surface area contributed by atoms with Gasteiger partial charge in [0, 0.05) is 5.92 Å². The van der Waals surface area contributed by atoms with Gasteiger partial charge in [0.25, 0.3) is 0 Å². The maximum Gasteiger partial charge on any atom is 0.478 e. The lowest BCUT2D eigenvalue weighted by Crippen LogP contribution is -2.36. The molecule has 2 aliphatic heterocycles. The number of anilines is 2. The summed E-state index contributed by atoms with van der Waals surface area (Å²) in [5.74, 6) is -2.58. The second-order valence-corrected chi connectivity index (χ2v) is 19.4. The molecule has 62 heavy (non-hydrogen) atoms. The molecule has 0 radical (unpaired) electrons. The van der Waals surface area contributed by atoms with Gasteiger partial charge in [0.05, 0.1) is 42.7 Å². The van der Waals surface area contributed by atoms with Gasteiger partial charge in [-0.15, -0.1) is 0 Å². The minimum Gasteiger partial charge on any atom is -0.437 e. The zero-order valence-electron chi connectivity index (χ0n) is 34.6. The lowest BCUT2D eigenvalue weighted by molar-refractivity contribution is -0.162. The number of ether oxygens (including phenoxy) is 3. The van der Waals surface area contributed by atoms with Crippen molar-refractivity contribution in [3.05, 3.63) is 25.3 Å². The van der Waals surface area contributed by atoms with Crippen LogP contribution in [0.4, 0.5) is 20.4 Å². The Hall–Kier alpha value is -4.32. The first-order valence-electron chi connectivity index (χ1n) is 19.6. The van der Waals surface area contributed by atoms with Crippen LogP contribution in [0.2, 0.25) is 0 Å². The molecule has 7 rings (SSSR count). The molecule has 1 saturated carbocycles. The summed E-state index contributed by atoms with van der Waals surface area (Å²) >= 11 is 0. The third kappa shape index (κ3) is 9.04. The molecule has 1 aliphatic carbocycles. The first kappa shape index (κ1) is 45.7. The number of phosphoric acid groups is 2. The number of alkyl halides is 2. The smallest absolute Gasteiger partial charge is 0.437 e. The number of hydrogen-bond donors (Lipinski definition) is 2. The van der Waals surface area contributed by atoms with Crippen molar-refractivity contribution in [1.29, 1.82) is 0 Å². The molecule has 4 unspecified atom stereocenters. The van der Waals surface area contributed by atoms with Crippen molar-refractivity contribution in [3.63, 3.8) is 0 Å². The number of rotatable bonds is 12. The summed E-state index contributed by atoms with van der Waals surface area (Å²) in [4.78, 5) is 50.2. The van der Waals surface area contributed by atoms with Gasteiger partial charge in [0.2, 0.25) is 13.6 Å². The zero-order valence-corrected chi connectivity index (χ0v) is 36.4. The summed E-state index contributed by atoms with van der Waals surface area (Å²) in [5.41, 5.74) is 10.5. The summed E-state index contributed by atoms with van der Waals surface area (Å²) in [6, 6.07) is -1.16. The maximum atomic E-state index is 17.0. The average Bonchev–Trinajstić information content (AvgIpc) is 4.01. The maximum absolute atomic E-state index is 17.0. The number of aromatic nitrogens is 8. The van der Waals surface area contributed by atoms with Gasteiger partial charge in [-0.2, -0.15) is 0 Å². The molecular weight excluding hydrogens is 868 g/mol. The highest BCUT2D eigenvalue weighted by Gasteiger charge is 2.55. The van der Waals surface area contributed by atoms with Gasteiger partial charge in [-0.25, -0.2) is 56.9 Å². The fourth-order valence-corrected chi connectivity index (χ4v) is 9.39. The molecule has 3 aliphatic rings. The quantitative estimate of drug-likeness (QED) is 0.108. The molecular formula is C35H48F2N10O13P2. The Kier molecular flexibility index (Phi) is 13.0. The van der Waals surface area contributed by atoms with E-state index in [2.05, 4.69) is 29.9 Å². The number of halogens is 2. The average molecular weight is 917 g/mol. The van der Waals surface area contributed by atoms with E-state index in [9.17, 15) is 18.7 Å². The molecule has 3 fully saturated rings. The lowest BCUT2D eigenvalue weighted by Gasteiger charge is -2.31. The number of phosphoric ester groups is 2. The van der Waals surface area contributed by atoms with Gasteiger partial charge in [-0.3, -0.25) is 32.3 Å². The van der Waals surface area contributed by atoms with E-state index in [4.69, 9.17) is 52.8 Å². The minimum atomic E-state index is -5.04. The predicted octanol–water partition coefficient (Wildman–Crippen LogP) is 4.91. The molecule has 0 amide bonds. The summed E-state index contributed by atoms with van der Waals surface area (Å²) in [6.07, 6.45) is -5.88. The van der Waals surface area contributed by atoms with Gasteiger partial charge in [0.1, 0.15) is 48.2 Å². The predicted molar refractivity (Wildman–Crippen MR) is 209 cm³/mol. The highest BCUT2D eigenvalue weighted by molar-refractivity contribution is 7.48. The second kappa shape index (κ2) is 17.7. The fourth-order valence-electron chi connectivity index (χ4n) is 6.79. The van der Waals surface area contributed by atoms with Crippen LogP contribution in [0.25, 0.3) is 22.3 Å². The van der Waals surface area contributed by atoms with Crippen LogP contribution in [0.15, 0.2) is 25.3 Å². The summed E-state index contributed by atoms with van der Waals surface area (Å²) < 4.78 is 117. The van der Waals surface area contributed by atoms with E-state index >= 15 is 8.78 Å². The third-order valence-corrected chi connectivity index (χ3v) is 14.2. The Morgan fingerprint density at radius 2 is 1.26 bits per heavy atom. The van der Waals surface area contributed by atoms with Gasteiger partial charge in [-0.1, -0.05) is 13.8 Å². The molecule has 0 bridgehead atoms. The molecule has 6 heterocycles. The van der Waals surface area contributed by atoms with E-state index in [0.29, 0.717) is 12.8 Å². The number of carbonyl (C=O) groups is 2. The normalized spacial score (nSPS) is 31.0. The molecule has 27 heteroatoms. The highest BCUT2D eigenvalue weighted by Crippen LogP contribution is 2.59. The van der Waals surface area contributed by atoms with E-state index in [0.717, 1.165) is 6.33 Å². The van der Waals surface area contributed by atoms with Crippen LogP contribution in [0.1, 0.15) is 73.1 Å². The third-order valence-electron chi connectivity index (χ3n) is 11.4. The topological polar surface area (TPSA) is 291 Å². The first-order valence-corrected chi connectivity index (χ1v) is 22.5. The van der Waals surface area contributed by atoms with Crippen molar-refractivity contribution < 1.29 is 68.9 Å². The standard InChI is InChI=1S/C35H48F2N10O13P2/c1-7-34(3,4)32(48)52-16-56-61(50)54-10-18-9-19(46-14-44-23-27(38)40-12-42-29(23)46)21(36)25(18)59-62(51,57-17-53-33(49)35(5,6)8-2)55-11-20-26(60-61)22(37)31(58-20)47-15-45-24-28(39)41-13-43-30(24)47/h12-15,18-22,25-26,31H,7-11,16-17H2,1-6H3,(H2,38,40,42)(H2,39,41,43)/t18-,19-,20-,21?,22+,25+,26?,31-,61?,62?/m1/s1. The van der Waals surface area contributed by atoms with Crippen molar-refractivity contribution >= 4 is 61.5 Å². The van der Waals surface area contributed by atoms with E-state index in [1.54, 1.807) is 41.5 Å². The number of nitrogens with two attached hydrogens (primary N) is 2. The van der Waals surface area contributed by atoms with Gasteiger partial charge >= 0.3 is 27.6 Å². The van der Waals surface area contributed by atoms with Crippen LogP contribution in [0, 0.1) is 16.7 Å². The molecule has 0 aromatic carbocycles. The van der Waals surface area contributed by atoms with Crippen LogP contribution in [0.5, 0.6) is 0 Å². The summed E-state index contributed by atoms with van der Waals surface area (Å²) in [7, 11) is -10.1. The van der Waals surface area contributed by atoms with E-state index in [1.165, 1.54) is 28.1 Å². The van der Waals surface area contributed by atoms with E-state index in [1.807, 2.05) is 0 Å². The molecule has 0 spiro atoms. The molecule has 4 aromatic rings. The lowest BCUT2D eigenvalue weighted by atomic mass is 9.91. The number of esters is 2. The van der Waals surface area contributed by atoms with Crippen LogP contribution >= 0.6 is 15.6 Å². The number of carbonyl (C=O) groups excluding carboxylic acids is 2. The summed E-state index contributed by atoms with van der Waals surface area (Å²) in [5, 5.41) is 0. The van der Waals surface area contributed by atoms with E-state index in [-0.39, 0.29) is 40.4 Å². The van der Waals surface area contributed by atoms with Crippen molar-refractivity contribution in [2.45, 2.75) is 104 Å². The minimum absolute atomic E-state index is 0.0174. The van der Waals surface area contributed by atoms with E-state index < -0.39 is 114 Å². The molecule has 2 saturated heterocycles. The van der Waals surface area contributed by atoms with Crippen molar-refractivity contribution in [3.8, 4) is 0 Å². The van der Waals surface area contributed by atoms with Gasteiger partial charge in [-0.05, 0) is 47.0 Å². The number of nitrogens with zero attached hydrogens (tertiary/aromatic N) is 8. The van der Waals surface area contributed by atoms with Crippen LogP contribution in [0.3, 0.4) is 0 Å². The molecule has 10 atom stereocenters. The van der Waals surface area contributed by atoms with Crippen LogP contribution in [-0.2, 0) is 60.1 Å². The SMILES string of the molecule is CCC(C)(C)C(=O)OCOP1(=O)OC[C@H]2C[C@@H](n3cnc4c(N)ncnc43)C(F)[C@H]2OP(=O)(OCOC(=O)C(C)(C)CC)OC[C@H]2O[C@@H](n3cnc4c(N)ncnc43)[C@@H](F)C2O1. The highest BCUT2D eigenvalue weighted by atomic mass is 31.2. The van der Waals surface area contributed by atoms with Crippen molar-refractivity contribution in [2.75, 3.05) is 38.3 Å². The van der Waals surface area contributed by atoms with Gasteiger partial charge in [0.15, 0.2) is 35.3 Å². The number of nitrogen functional groups attached to an aromatic ring is 2. The first-order chi connectivity index (χ1) is 29.3. The van der Waals surface area contributed by atoms with Crippen molar-refractivity contribution in [2.24, 2.45) is 16.7 Å². The Labute approximate surface area is 353 Å². The molecule has 4 aromatic heterocycles. The summed E-state index contributed by atoms with van der Waals surface area (Å²) in [6.45, 7) is 6.49. The zero-order chi connectivity index (χ0) is 44.8. The van der Waals surface area contributed by atoms with Crippen molar-refractivity contribution in [1.82, 2.24) is 39.0 Å². The Bertz CT molecular complexity index is 2230. The Morgan fingerprint density at radius 3 is 1.81 bits per heavy atom. The number of imidazole rings is 2. The Balaban J connectivity index is 1.24. The monoisotopic (exact) mass is 916 g/mol. The Morgan fingerprint density at radius 1 is 0.758 bits per heavy atom. The van der Waals surface area contributed by atoms with Crippen LogP contribution in [-0.4, -0.2) is 108 Å². The second-order valence-electron chi connectivity index (χ2n) is 16.1. The molecule has 23 nitrogen and oxygen atoms in total. The largest absolute Gasteiger partial charge is 0.478 e. The van der Waals surface area contributed by atoms with Gasteiger partial charge < -0.3 is 30.2 Å². The van der Waals surface area contributed by atoms with Crippen LogP contribution < -0.4 is 11.5 Å². The fraction of sp³-hybridized carbons (Fsp3) is 0.657. The number of hydrogen-bond acceptors (Lipinski definition) is 21.